The number of hydrogen-bond donors (Lipinski definition) is 1. The van der Waals surface area contributed by atoms with Gasteiger partial charge in [0.2, 0.25) is 0 Å². The third-order valence-corrected chi connectivity index (χ3v) is 4.27. The minimum atomic E-state index is 0.199. The van der Waals surface area contributed by atoms with Gasteiger partial charge in [-0.2, -0.15) is 0 Å². The molecule has 0 bridgehead atoms. The first-order valence-electron chi connectivity index (χ1n) is 7.97. The highest BCUT2D eigenvalue weighted by Crippen LogP contribution is 2.38. The van der Waals surface area contributed by atoms with E-state index in [2.05, 4.69) is 17.2 Å². The number of halogens is 1. The zero-order valence-corrected chi connectivity index (χ0v) is 14.3. The van der Waals surface area contributed by atoms with Crippen LogP contribution in [0, 0.1) is 0 Å². The van der Waals surface area contributed by atoms with E-state index in [1.807, 2.05) is 36.1 Å². The van der Waals surface area contributed by atoms with Gasteiger partial charge in [0.05, 0.1) is 24.3 Å². The maximum absolute atomic E-state index is 6.34. The molecule has 0 amide bonds. The maximum Gasteiger partial charge on any atom is 0.179 e. The van der Waals surface area contributed by atoms with Gasteiger partial charge in [0.25, 0.3) is 0 Å². The van der Waals surface area contributed by atoms with E-state index in [1.54, 1.807) is 0 Å². The molecule has 0 saturated heterocycles. The van der Waals surface area contributed by atoms with Crippen LogP contribution in [0.3, 0.4) is 0 Å². The molecule has 23 heavy (non-hydrogen) atoms. The average Bonchev–Trinajstić information content (AvgIpc) is 2.82. The number of benzene rings is 1. The molecule has 0 radical (unpaired) electrons. The van der Waals surface area contributed by atoms with Gasteiger partial charge in [-0.05, 0) is 24.1 Å². The molecule has 1 aliphatic rings. The number of aromatic nitrogens is 2. The lowest BCUT2D eigenvalue weighted by Crippen LogP contribution is -2.23. The third-order valence-electron chi connectivity index (χ3n) is 3.99. The lowest BCUT2D eigenvalue weighted by molar-refractivity contribution is 0.297. The predicted molar refractivity (Wildman–Crippen MR) is 90.1 cm³/mol. The molecule has 0 spiro atoms. The molecule has 6 heteroatoms. The molecular formula is C17H22ClN3O2. The van der Waals surface area contributed by atoms with Crippen LogP contribution in [0.5, 0.6) is 11.5 Å². The van der Waals surface area contributed by atoms with Crippen molar-refractivity contribution in [1.82, 2.24) is 14.9 Å². The highest BCUT2D eigenvalue weighted by Gasteiger charge is 2.17. The van der Waals surface area contributed by atoms with Crippen molar-refractivity contribution < 1.29 is 9.47 Å². The smallest absolute Gasteiger partial charge is 0.179 e. The van der Waals surface area contributed by atoms with Gasteiger partial charge in [0.15, 0.2) is 11.5 Å². The van der Waals surface area contributed by atoms with Gasteiger partial charge in [0.1, 0.15) is 5.82 Å². The topological polar surface area (TPSA) is 48.3 Å². The van der Waals surface area contributed by atoms with E-state index in [-0.39, 0.29) is 6.04 Å². The molecule has 2 heterocycles. The lowest BCUT2D eigenvalue weighted by Gasteiger charge is -2.18. The minimum absolute atomic E-state index is 0.199. The molecular weight excluding hydrogens is 314 g/mol. The van der Waals surface area contributed by atoms with Crippen LogP contribution in [0.4, 0.5) is 0 Å². The molecule has 5 nitrogen and oxygen atoms in total. The zero-order chi connectivity index (χ0) is 16.2. The van der Waals surface area contributed by atoms with Crippen molar-refractivity contribution in [1.29, 1.82) is 0 Å². The molecule has 1 aliphatic heterocycles. The summed E-state index contributed by atoms with van der Waals surface area (Å²) in [6.45, 7) is 4.14. The van der Waals surface area contributed by atoms with Crippen LogP contribution in [0.2, 0.25) is 5.02 Å². The van der Waals surface area contributed by atoms with Crippen molar-refractivity contribution in [3.63, 3.8) is 0 Å². The molecule has 2 aromatic rings. The van der Waals surface area contributed by atoms with Crippen molar-refractivity contribution >= 4 is 11.6 Å². The van der Waals surface area contributed by atoms with Gasteiger partial charge in [-0.3, -0.25) is 0 Å². The zero-order valence-electron chi connectivity index (χ0n) is 13.5. The average molecular weight is 336 g/mol. The Balaban J connectivity index is 1.74. The quantitative estimate of drug-likeness (QED) is 0.908. The van der Waals surface area contributed by atoms with Gasteiger partial charge in [-0.1, -0.05) is 18.5 Å². The first kappa shape index (κ1) is 16.1. The molecule has 1 N–H and O–H groups in total. The summed E-state index contributed by atoms with van der Waals surface area (Å²) in [5, 5.41) is 4.14. The van der Waals surface area contributed by atoms with E-state index < -0.39 is 0 Å². The first-order valence-corrected chi connectivity index (χ1v) is 8.35. The largest absolute Gasteiger partial charge is 0.489 e. The highest BCUT2D eigenvalue weighted by molar-refractivity contribution is 6.32. The van der Waals surface area contributed by atoms with E-state index in [4.69, 9.17) is 21.1 Å². The summed E-state index contributed by atoms with van der Waals surface area (Å²) in [5.74, 6) is 2.42. The summed E-state index contributed by atoms with van der Waals surface area (Å²) in [7, 11) is 2.01. The van der Waals surface area contributed by atoms with Gasteiger partial charge >= 0.3 is 0 Å². The molecule has 124 valence electrons. The predicted octanol–water partition coefficient (Wildman–Crippen LogP) is 3.48. The van der Waals surface area contributed by atoms with Crippen molar-refractivity contribution in [3.8, 4) is 11.5 Å². The van der Waals surface area contributed by atoms with Gasteiger partial charge < -0.3 is 19.4 Å². The summed E-state index contributed by atoms with van der Waals surface area (Å²) >= 11 is 6.34. The first-order chi connectivity index (χ1) is 11.2. The summed E-state index contributed by atoms with van der Waals surface area (Å²) < 4.78 is 13.4. The Bertz CT molecular complexity index is 672. The van der Waals surface area contributed by atoms with Gasteiger partial charge in [-0.15, -0.1) is 0 Å². The second kappa shape index (κ2) is 7.23. The highest BCUT2D eigenvalue weighted by atomic mass is 35.5. The van der Waals surface area contributed by atoms with Crippen LogP contribution in [0.25, 0.3) is 0 Å². The number of imidazole rings is 1. The summed E-state index contributed by atoms with van der Waals surface area (Å²) in [6, 6.07) is 4.14. The van der Waals surface area contributed by atoms with E-state index in [0.717, 1.165) is 30.0 Å². The van der Waals surface area contributed by atoms with Gasteiger partial charge in [-0.25, -0.2) is 4.98 Å². The van der Waals surface area contributed by atoms with Gasteiger partial charge in [0, 0.05) is 32.4 Å². The van der Waals surface area contributed by atoms with Crippen LogP contribution in [0.15, 0.2) is 24.5 Å². The summed E-state index contributed by atoms with van der Waals surface area (Å²) in [6.07, 6.45) is 5.62. The van der Waals surface area contributed by atoms with E-state index in [0.29, 0.717) is 30.5 Å². The summed E-state index contributed by atoms with van der Waals surface area (Å²) in [5.41, 5.74) is 1.08. The monoisotopic (exact) mass is 335 g/mol. The molecule has 3 rings (SSSR count). The number of ether oxygens (including phenoxy) is 2. The van der Waals surface area contributed by atoms with Crippen molar-refractivity contribution in [2.75, 3.05) is 13.2 Å². The number of fused-ring (bicyclic) bond motifs is 1. The SMILES string of the molecule is CC[C@@H](NCc1cc(Cl)c2c(c1)OCCCO2)c1nccn1C. The molecule has 1 atom stereocenters. The Labute approximate surface area is 141 Å². The summed E-state index contributed by atoms with van der Waals surface area (Å²) in [4.78, 5) is 4.43. The van der Waals surface area contributed by atoms with E-state index in [9.17, 15) is 0 Å². The van der Waals surface area contributed by atoms with Crippen molar-refractivity contribution in [2.45, 2.75) is 32.4 Å². The third kappa shape index (κ3) is 3.62. The van der Waals surface area contributed by atoms with Crippen LogP contribution >= 0.6 is 11.6 Å². The molecule has 0 fully saturated rings. The Morgan fingerprint density at radius 2 is 2.17 bits per heavy atom. The Hall–Kier alpha value is -1.72. The lowest BCUT2D eigenvalue weighted by atomic mass is 10.1. The number of nitrogens with one attached hydrogen (secondary N) is 1. The fraction of sp³-hybridized carbons (Fsp3) is 0.471. The number of rotatable bonds is 5. The maximum atomic E-state index is 6.34. The Morgan fingerprint density at radius 1 is 1.35 bits per heavy atom. The normalized spacial score (nSPS) is 15.3. The van der Waals surface area contributed by atoms with E-state index in [1.165, 1.54) is 0 Å². The second-order valence-electron chi connectivity index (χ2n) is 5.69. The van der Waals surface area contributed by atoms with Crippen LogP contribution in [0.1, 0.15) is 37.2 Å². The van der Waals surface area contributed by atoms with Crippen LogP contribution in [-0.2, 0) is 13.6 Å². The molecule has 0 unspecified atom stereocenters. The number of hydrogen-bond acceptors (Lipinski definition) is 4. The Morgan fingerprint density at radius 3 is 2.91 bits per heavy atom. The molecule has 1 aromatic carbocycles. The second-order valence-corrected chi connectivity index (χ2v) is 6.10. The van der Waals surface area contributed by atoms with Crippen molar-refractivity contribution in [2.24, 2.45) is 7.05 Å². The fourth-order valence-corrected chi connectivity index (χ4v) is 3.05. The Kier molecular flexibility index (Phi) is 5.08. The number of aryl methyl sites for hydroxylation is 1. The number of nitrogens with zero attached hydrogens (tertiary/aromatic N) is 2. The fourth-order valence-electron chi connectivity index (χ4n) is 2.76. The molecule has 1 aromatic heterocycles. The van der Waals surface area contributed by atoms with Crippen LogP contribution < -0.4 is 14.8 Å². The van der Waals surface area contributed by atoms with Crippen molar-refractivity contribution in [3.05, 3.63) is 40.9 Å². The standard InChI is InChI=1S/C17H22ClN3O2/c1-3-14(17-19-5-6-21(17)2)20-11-12-9-13(18)16-15(10-12)22-7-4-8-23-16/h5-6,9-10,14,20H,3-4,7-8,11H2,1-2H3/t14-/m1/s1. The minimum Gasteiger partial charge on any atom is -0.489 e. The molecule has 0 saturated carbocycles. The van der Waals surface area contributed by atoms with E-state index >= 15 is 0 Å². The molecule has 0 aliphatic carbocycles. The van der Waals surface area contributed by atoms with Crippen LogP contribution in [-0.4, -0.2) is 22.8 Å².